The number of aromatic carboxylic acids is 1. The minimum atomic E-state index is -1.20. The van der Waals surface area contributed by atoms with Crippen LogP contribution in [0, 0.1) is 11.7 Å². The number of hydrogen-bond donors (Lipinski definition) is 1. The van der Waals surface area contributed by atoms with Gasteiger partial charge in [0.25, 0.3) is 0 Å². The molecule has 0 amide bonds. The van der Waals surface area contributed by atoms with Crippen LogP contribution in [0.1, 0.15) is 42.1 Å². The van der Waals surface area contributed by atoms with Crippen molar-refractivity contribution in [3.63, 3.8) is 0 Å². The first-order valence-corrected chi connectivity index (χ1v) is 6.84. The van der Waals surface area contributed by atoms with Crippen molar-refractivity contribution in [2.75, 3.05) is 13.1 Å². The fourth-order valence-corrected chi connectivity index (χ4v) is 2.79. The average molecular weight is 265 g/mol. The predicted octanol–water partition coefficient (Wildman–Crippen LogP) is 3.15. The molecule has 0 bridgehead atoms. The van der Waals surface area contributed by atoms with Gasteiger partial charge < -0.3 is 5.11 Å². The Bertz CT molecular complexity index is 461. The second-order valence-corrected chi connectivity index (χ2v) is 5.30. The number of carboxylic acids is 1. The zero-order valence-electron chi connectivity index (χ0n) is 11.2. The number of halogens is 1. The highest BCUT2D eigenvalue weighted by atomic mass is 19.1. The summed E-state index contributed by atoms with van der Waals surface area (Å²) in [6, 6.07) is 4.37. The van der Waals surface area contributed by atoms with Crippen LogP contribution in [0.15, 0.2) is 18.2 Å². The molecule has 0 saturated carbocycles. The highest BCUT2D eigenvalue weighted by molar-refractivity contribution is 5.88. The Morgan fingerprint density at radius 1 is 1.53 bits per heavy atom. The van der Waals surface area contributed by atoms with Crippen LogP contribution in [0.3, 0.4) is 0 Å². The first kappa shape index (κ1) is 14.0. The molecule has 0 aromatic heterocycles. The summed E-state index contributed by atoms with van der Waals surface area (Å²) in [5.41, 5.74) is 0.637. The number of likely N-dealkylation sites (tertiary alicyclic amines) is 1. The third kappa shape index (κ3) is 3.53. The van der Waals surface area contributed by atoms with Crippen molar-refractivity contribution in [2.24, 2.45) is 5.92 Å². The van der Waals surface area contributed by atoms with Gasteiger partial charge in [-0.05, 0) is 43.0 Å². The van der Waals surface area contributed by atoms with Gasteiger partial charge in [-0.3, -0.25) is 4.90 Å². The Morgan fingerprint density at radius 3 is 3.00 bits per heavy atom. The lowest BCUT2D eigenvalue weighted by molar-refractivity contribution is 0.0691. The number of rotatable bonds is 5. The SMILES string of the molecule is CCCC1CCN(Cc2ccc(F)c(C(=O)O)c2)C1. The molecule has 2 rings (SSSR count). The van der Waals surface area contributed by atoms with Crippen molar-refractivity contribution >= 4 is 5.97 Å². The summed E-state index contributed by atoms with van der Waals surface area (Å²) in [6.45, 7) is 5.01. The third-order valence-electron chi connectivity index (χ3n) is 3.73. The molecule has 0 radical (unpaired) electrons. The van der Waals surface area contributed by atoms with Gasteiger partial charge in [-0.15, -0.1) is 0 Å². The van der Waals surface area contributed by atoms with E-state index < -0.39 is 11.8 Å². The van der Waals surface area contributed by atoms with E-state index in [1.165, 1.54) is 31.4 Å². The minimum Gasteiger partial charge on any atom is -0.478 e. The molecular formula is C15H20FNO2. The van der Waals surface area contributed by atoms with E-state index in [4.69, 9.17) is 5.11 Å². The topological polar surface area (TPSA) is 40.5 Å². The van der Waals surface area contributed by atoms with Gasteiger partial charge in [0.05, 0.1) is 5.56 Å². The molecule has 0 spiro atoms. The van der Waals surface area contributed by atoms with Gasteiger partial charge in [-0.25, -0.2) is 9.18 Å². The standard InChI is InChI=1S/C15H20FNO2/c1-2-3-11-6-7-17(9-11)10-12-4-5-14(16)13(8-12)15(18)19/h4-5,8,11H,2-3,6-7,9-10H2,1H3,(H,18,19). The maximum Gasteiger partial charge on any atom is 0.338 e. The molecule has 4 heteroatoms. The van der Waals surface area contributed by atoms with Crippen LogP contribution < -0.4 is 0 Å². The molecule has 1 unspecified atom stereocenters. The molecule has 1 atom stereocenters. The number of benzene rings is 1. The van der Waals surface area contributed by atoms with E-state index in [2.05, 4.69) is 11.8 Å². The fraction of sp³-hybridized carbons (Fsp3) is 0.533. The normalized spacial score (nSPS) is 19.8. The van der Waals surface area contributed by atoms with Crippen molar-refractivity contribution in [1.82, 2.24) is 4.90 Å². The predicted molar refractivity (Wildman–Crippen MR) is 71.7 cm³/mol. The molecule has 3 nitrogen and oxygen atoms in total. The monoisotopic (exact) mass is 265 g/mol. The Hall–Kier alpha value is -1.42. The maximum atomic E-state index is 13.3. The fourth-order valence-electron chi connectivity index (χ4n) is 2.79. The maximum absolute atomic E-state index is 13.3. The highest BCUT2D eigenvalue weighted by Crippen LogP contribution is 2.23. The lowest BCUT2D eigenvalue weighted by Crippen LogP contribution is -2.20. The lowest BCUT2D eigenvalue weighted by Gasteiger charge is -2.16. The lowest BCUT2D eigenvalue weighted by atomic mass is 10.0. The molecule has 1 fully saturated rings. The summed E-state index contributed by atoms with van der Waals surface area (Å²) < 4.78 is 13.3. The van der Waals surface area contributed by atoms with Crippen molar-refractivity contribution in [2.45, 2.75) is 32.7 Å². The molecule has 1 heterocycles. The molecule has 0 aliphatic carbocycles. The van der Waals surface area contributed by atoms with Gasteiger partial charge in [0.15, 0.2) is 0 Å². The average Bonchev–Trinajstić information content (AvgIpc) is 2.79. The molecule has 1 aromatic carbocycles. The summed E-state index contributed by atoms with van der Waals surface area (Å²) in [5, 5.41) is 8.91. The van der Waals surface area contributed by atoms with E-state index in [9.17, 15) is 9.18 Å². The summed E-state index contributed by atoms with van der Waals surface area (Å²) in [5.74, 6) is -1.12. The van der Waals surface area contributed by atoms with Crippen molar-refractivity contribution in [3.05, 3.63) is 35.1 Å². The quantitative estimate of drug-likeness (QED) is 0.889. The number of carbonyl (C=O) groups is 1. The number of hydrogen-bond acceptors (Lipinski definition) is 2. The van der Waals surface area contributed by atoms with E-state index >= 15 is 0 Å². The van der Waals surface area contributed by atoms with Gasteiger partial charge >= 0.3 is 5.97 Å². The van der Waals surface area contributed by atoms with Crippen LogP contribution in [0.4, 0.5) is 4.39 Å². The first-order valence-electron chi connectivity index (χ1n) is 6.84. The van der Waals surface area contributed by atoms with Crippen LogP contribution in [-0.4, -0.2) is 29.1 Å². The van der Waals surface area contributed by atoms with Crippen LogP contribution >= 0.6 is 0 Å². The Labute approximate surface area is 113 Å². The van der Waals surface area contributed by atoms with Gasteiger partial charge in [0.1, 0.15) is 5.82 Å². The van der Waals surface area contributed by atoms with Crippen molar-refractivity contribution in [3.8, 4) is 0 Å². The molecule has 1 aliphatic rings. The number of nitrogens with zero attached hydrogens (tertiary/aromatic N) is 1. The summed E-state index contributed by atoms with van der Waals surface area (Å²) in [7, 11) is 0. The highest BCUT2D eigenvalue weighted by Gasteiger charge is 2.22. The van der Waals surface area contributed by atoms with Crippen molar-refractivity contribution < 1.29 is 14.3 Å². The Balaban J connectivity index is 2.00. The minimum absolute atomic E-state index is 0.234. The zero-order chi connectivity index (χ0) is 13.8. The molecule has 1 N–H and O–H groups in total. The van der Waals surface area contributed by atoms with Gasteiger partial charge in [0.2, 0.25) is 0 Å². The molecule has 1 saturated heterocycles. The molecule has 19 heavy (non-hydrogen) atoms. The van der Waals surface area contributed by atoms with E-state index in [-0.39, 0.29) is 5.56 Å². The van der Waals surface area contributed by atoms with Crippen molar-refractivity contribution in [1.29, 1.82) is 0 Å². The van der Waals surface area contributed by atoms with Gasteiger partial charge in [-0.2, -0.15) is 0 Å². The number of carboxylic acid groups (broad SMARTS) is 1. The summed E-state index contributed by atoms with van der Waals surface area (Å²) in [4.78, 5) is 13.2. The van der Waals surface area contributed by atoms with Crippen LogP contribution in [0.5, 0.6) is 0 Å². The summed E-state index contributed by atoms with van der Waals surface area (Å²) >= 11 is 0. The molecule has 1 aromatic rings. The van der Waals surface area contributed by atoms with Gasteiger partial charge in [-0.1, -0.05) is 19.4 Å². The zero-order valence-corrected chi connectivity index (χ0v) is 11.2. The Kier molecular flexibility index (Phi) is 4.53. The largest absolute Gasteiger partial charge is 0.478 e. The smallest absolute Gasteiger partial charge is 0.338 e. The first-order chi connectivity index (χ1) is 9.10. The van der Waals surface area contributed by atoms with Gasteiger partial charge in [0, 0.05) is 13.1 Å². The third-order valence-corrected chi connectivity index (χ3v) is 3.73. The van der Waals surface area contributed by atoms with E-state index in [1.54, 1.807) is 6.07 Å². The van der Waals surface area contributed by atoms with E-state index in [0.717, 1.165) is 24.6 Å². The molecule has 104 valence electrons. The summed E-state index contributed by atoms with van der Waals surface area (Å²) in [6.07, 6.45) is 3.67. The van der Waals surface area contributed by atoms with E-state index in [1.807, 2.05) is 0 Å². The second kappa shape index (κ2) is 6.15. The van der Waals surface area contributed by atoms with Crippen LogP contribution in [-0.2, 0) is 6.54 Å². The van der Waals surface area contributed by atoms with Crippen LogP contribution in [0.2, 0.25) is 0 Å². The molecular weight excluding hydrogens is 245 g/mol. The molecule has 1 aliphatic heterocycles. The Morgan fingerprint density at radius 2 is 2.32 bits per heavy atom. The van der Waals surface area contributed by atoms with E-state index in [0.29, 0.717) is 6.54 Å². The van der Waals surface area contributed by atoms with Crippen LogP contribution in [0.25, 0.3) is 0 Å². The second-order valence-electron chi connectivity index (χ2n) is 5.30.